The molecule has 0 radical (unpaired) electrons. The average Bonchev–Trinajstić information content (AvgIpc) is 2.81. The smallest absolute Gasteiger partial charge is 0.371 e. The third-order valence-electron chi connectivity index (χ3n) is 3.45. The maximum atomic E-state index is 10.7. The Kier molecular flexibility index (Phi) is 4.38. The molecule has 5 heteroatoms. The zero-order chi connectivity index (χ0) is 13.0. The predicted octanol–water partition coefficient (Wildman–Crippen LogP) is 1.41. The van der Waals surface area contributed by atoms with Gasteiger partial charge in [0.2, 0.25) is 5.76 Å². The molecule has 0 bridgehead atoms. The lowest BCUT2D eigenvalue weighted by Gasteiger charge is -2.31. The second-order valence-electron chi connectivity index (χ2n) is 4.85. The van der Waals surface area contributed by atoms with Crippen molar-refractivity contribution in [2.75, 3.05) is 26.7 Å². The highest BCUT2D eigenvalue weighted by Gasteiger charge is 2.19. The number of carboxylic acids is 1. The monoisotopic (exact) mass is 252 g/mol. The van der Waals surface area contributed by atoms with Gasteiger partial charge in [0.15, 0.2) is 0 Å². The Morgan fingerprint density at radius 2 is 2.22 bits per heavy atom. The van der Waals surface area contributed by atoms with Crippen LogP contribution in [0.4, 0.5) is 0 Å². The van der Waals surface area contributed by atoms with Crippen LogP contribution in [0, 0.1) is 5.92 Å². The molecule has 2 heterocycles. The second kappa shape index (κ2) is 6.02. The first-order valence-corrected chi connectivity index (χ1v) is 6.38. The molecular weight excluding hydrogens is 232 g/mol. The lowest BCUT2D eigenvalue weighted by Crippen LogP contribution is -2.36. The molecule has 1 saturated heterocycles. The summed E-state index contributed by atoms with van der Waals surface area (Å²) in [5, 5.41) is 12.0. The van der Waals surface area contributed by atoms with E-state index < -0.39 is 5.97 Å². The molecule has 0 aromatic carbocycles. The molecule has 0 unspecified atom stereocenters. The number of nitrogens with zero attached hydrogens (tertiary/aromatic N) is 1. The molecule has 100 valence electrons. The SMILES string of the molecule is CNCC1CCN(Cc2ccc(C(=O)O)o2)CC1. The topological polar surface area (TPSA) is 65.7 Å². The molecule has 2 rings (SSSR count). The molecule has 0 amide bonds. The van der Waals surface area contributed by atoms with Gasteiger partial charge in [0.05, 0.1) is 6.54 Å². The van der Waals surface area contributed by atoms with Crippen molar-refractivity contribution in [3.63, 3.8) is 0 Å². The quantitative estimate of drug-likeness (QED) is 0.829. The van der Waals surface area contributed by atoms with Gasteiger partial charge in [0.1, 0.15) is 5.76 Å². The number of carbonyl (C=O) groups is 1. The Hall–Kier alpha value is -1.33. The Labute approximate surface area is 107 Å². The van der Waals surface area contributed by atoms with Crippen LogP contribution in [0.1, 0.15) is 29.2 Å². The zero-order valence-corrected chi connectivity index (χ0v) is 10.7. The Morgan fingerprint density at radius 3 is 2.78 bits per heavy atom. The highest BCUT2D eigenvalue weighted by atomic mass is 16.4. The Balaban J connectivity index is 1.82. The van der Waals surface area contributed by atoms with Crippen LogP contribution in [0.15, 0.2) is 16.5 Å². The minimum atomic E-state index is -1.01. The lowest BCUT2D eigenvalue weighted by molar-refractivity contribution is 0.0657. The minimum Gasteiger partial charge on any atom is -0.475 e. The molecule has 1 aromatic heterocycles. The van der Waals surface area contributed by atoms with Gasteiger partial charge in [0.25, 0.3) is 0 Å². The van der Waals surface area contributed by atoms with E-state index in [4.69, 9.17) is 9.52 Å². The highest BCUT2D eigenvalue weighted by molar-refractivity contribution is 5.84. The number of aromatic carboxylic acids is 1. The summed E-state index contributed by atoms with van der Waals surface area (Å²) in [4.78, 5) is 13.0. The van der Waals surface area contributed by atoms with Gasteiger partial charge in [-0.2, -0.15) is 0 Å². The van der Waals surface area contributed by atoms with Crippen molar-refractivity contribution in [2.45, 2.75) is 19.4 Å². The molecule has 2 N–H and O–H groups in total. The summed E-state index contributed by atoms with van der Waals surface area (Å²) in [6, 6.07) is 3.27. The van der Waals surface area contributed by atoms with Gasteiger partial charge >= 0.3 is 5.97 Å². The lowest BCUT2D eigenvalue weighted by atomic mass is 9.97. The number of furan rings is 1. The highest BCUT2D eigenvalue weighted by Crippen LogP contribution is 2.19. The van der Waals surface area contributed by atoms with Crippen LogP contribution in [0.25, 0.3) is 0 Å². The Morgan fingerprint density at radius 1 is 1.50 bits per heavy atom. The van der Waals surface area contributed by atoms with E-state index in [1.165, 1.54) is 18.9 Å². The van der Waals surface area contributed by atoms with Gasteiger partial charge in [0, 0.05) is 0 Å². The van der Waals surface area contributed by atoms with Crippen molar-refractivity contribution >= 4 is 5.97 Å². The number of likely N-dealkylation sites (tertiary alicyclic amines) is 1. The van der Waals surface area contributed by atoms with Crippen LogP contribution < -0.4 is 5.32 Å². The molecule has 0 saturated carbocycles. The van der Waals surface area contributed by atoms with Crippen molar-refractivity contribution in [1.82, 2.24) is 10.2 Å². The van der Waals surface area contributed by atoms with E-state index in [2.05, 4.69) is 10.2 Å². The molecule has 0 spiro atoms. The number of rotatable bonds is 5. The summed E-state index contributed by atoms with van der Waals surface area (Å²) in [5.41, 5.74) is 0. The van der Waals surface area contributed by atoms with Gasteiger partial charge in [-0.15, -0.1) is 0 Å². The molecule has 1 fully saturated rings. The maximum Gasteiger partial charge on any atom is 0.371 e. The maximum absolute atomic E-state index is 10.7. The van der Waals surface area contributed by atoms with E-state index in [-0.39, 0.29) is 5.76 Å². The van der Waals surface area contributed by atoms with Gasteiger partial charge < -0.3 is 14.8 Å². The Bertz CT molecular complexity index is 395. The standard InChI is InChI=1S/C13H20N2O3/c1-14-8-10-4-6-15(7-5-10)9-11-2-3-12(18-11)13(16)17/h2-3,10,14H,4-9H2,1H3,(H,16,17). The van der Waals surface area contributed by atoms with Crippen LogP contribution in [-0.2, 0) is 6.54 Å². The summed E-state index contributed by atoms with van der Waals surface area (Å²) in [7, 11) is 1.99. The van der Waals surface area contributed by atoms with Crippen molar-refractivity contribution in [3.05, 3.63) is 23.7 Å². The normalized spacial score (nSPS) is 18.1. The number of piperidine rings is 1. The van der Waals surface area contributed by atoms with Crippen molar-refractivity contribution in [3.8, 4) is 0 Å². The third-order valence-corrected chi connectivity index (χ3v) is 3.45. The first kappa shape index (κ1) is 13.1. The average molecular weight is 252 g/mol. The van der Waals surface area contributed by atoms with Gasteiger partial charge in [-0.1, -0.05) is 0 Å². The molecule has 1 aliphatic heterocycles. The van der Waals surface area contributed by atoms with E-state index in [1.54, 1.807) is 6.07 Å². The number of hydrogen-bond donors (Lipinski definition) is 2. The summed E-state index contributed by atoms with van der Waals surface area (Å²) < 4.78 is 5.27. The van der Waals surface area contributed by atoms with Crippen LogP contribution in [0.5, 0.6) is 0 Å². The second-order valence-corrected chi connectivity index (χ2v) is 4.85. The van der Waals surface area contributed by atoms with Crippen LogP contribution in [0.2, 0.25) is 0 Å². The number of nitrogens with one attached hydrogen (secondary N) is 1. The minimum absolute atomic E-state index is 0.0232. The van der Waals surface area contributed by atoms with E-state index in [9.17, 15) is 4.79 Å². The zero-order valence-electron chi connectivity index (χ0n) is 10.7. The largest absolute Gasteiger partial charge is 0.475 e. The first-order chi connectivity index (χ1) is 8.69. The third kappa shape index (κ3) is 3.34. The summed E-state index contributed by atoms with van der Waals surface area (Å²) in [5.74, 6) is 0.515. The first-order valence-electron chi connectivity index (χ1n) is 6.38. The van der Waals surface area contributed by atoms with Crippen molar-refractivity contribution < 1.29 is 14.3 Å². The predicted molar refractivity (Wildman–Crippen MR) is 67.6 cm³/mol. The number of hydrogen-bond acceptors (Lipinski definition) is 4. The van der Waals surface area contributed by atoms with E-state index >= 15 is 0 Å². The van der Waals surface area contributed by atoms with Crippen LogP contribution in [0.3, 0.4) is 0 Å². The van der Waals surface area contributed by atoms with Gasteiger partial charge in [-0.3, -0.25) is 4.90 Å². The summed E-state index contributed by atoms with van der Waals surface area (Å²) >= 11 is 0. The summed E-state index contributed by atoms with van der Waals surface area (Å²) in [6.07, 6.45) is 2.38. The van der Waals surface area contributed by atoms with E-state index in [1.807, 2.05) is 7.05 Å². The van der Waals surface area contributed by atoms with Crippen LogP contribution >= 0.6 is 0 Å². The van der Waals surface area contributed by atoms with E-state index in [0.717, 1.165) is 31.3 Å². The molecule has 18 heavy (non-hydrogen) atoms. The van der Waals surface area contributed by atoms with Crippen LogP contribution in [-0.4, -0.2) is 42.7 Å². The fraction of sp³-hybridized carbons (Fsp3) is 0.615. The fourth-order valence-corrected chi connectivity index (χ4v) is 2.44. The number of carboxylic acid groups (broad SMARTS) is 1. The fourth-order valence-electron chi connectivity index (χ4n) is 2.44. The molecular formula is C13H20N2O3. The molecule has 1 aromatic rings. The molecule has 0 atom stereocenters. The van der Waals surface area contributed by atoms with E-state index in [0.29, 0.717) is 6.54 Å². The van der Waals surface area contributed by atoms with Crippen molar-refractivity contribution in [2.24, 2.45) is 5.92 Å². The molecule has 1 aliphatic rings. The summed E-state index contributed by atoms with van der Waals surface area (Å²) in [6.45, 7) is 3.89. The molecule has 5 nitrogen and oxygen atoms in total. The van der Waals surface area contributed by atoms with Gasteiger partial charge in [-0.25, -0.2) is 4.79 Å². The van der Waals surface area contributed by atoms with Gasteiger partial charge in [-0.05, 0) is 57.6 Å². The van der Waals surface area contributed by atoms with Crippen molar-refractivity contribution in [1.29, 1.82) is 0 Å². The molecule has 0 aliphatic carbocycles.